The lowest BCUT2D eigenvalue weighted by Crippen LogP contribution is -2.27. The first-order valence-corrected chi connectivity index (χ1v) is 7.88. The fraction of sp³-hybridized carbons (Fsp3) is 0.667. The van der Waals surface area contributed by atoms with Crippen molar-refractivity contribution in [2.45, 2.75) is 52.6 Å². The van der Waals surface area contributed by atoms with Gasteiger partial charge >= 0.3 is 0 Å². The molecule has 21 heavy (non-hydrogen) atoms. The van der Waals surface area contributed by atoms with Crippen LogP contribution in [0.1, 0.15) is 52.5 Å². The SMILES string of the molecule is CC(C)CNCC(CCOC(C)(C)C)c1ccc(F)cc1. The third kappa shape index (κ3) is 8.18. The third-order valence-corrected chi connectivity index (χ3v) is 3.29. The molecule has 0 fully saturated rings. The van der Waals surface area contributed by atoms with Crippen molar-refractivity contribution in [3.63, 3.8) is 0 Å². The molecule has 0 amide bonds. The number of ether oxygens (including phenoxy) is 1. The molecule has 0 aliphatic heterocycles. The Morgan fingerprint density at radius 1 is 1.10 bits per heavy atom. The Hall–Kier alpha value is -0.930. The van der Waals surface area contributed by atoms with E-state index in [1.54, 1.807) is 0 Å². The van der Waals surface area contributed by atoms with E-state index in [-0.39, 0.29) is 11.4 Å². The van der Waals surface area contributed by atoms with Crippen LogP contribution in [0.15, 0.2) is 24.3 Å². The fourth-order valence-electron chi connectivity index (χ4n) is 2.18. The summed E-state index contributed by atoms with van der Waals surface area (Å²) < 4.78 is 18.9. The van der Waals surface area contributed by atoms with Crippen molar-refractivity contribution in [1.82, 2.24) is 5.32 Å². The Morgan fingerprint density at radius 3 is 2.24 bits per heavy atom. The Balaban J connectivity index is 2.59. The van der Waals surface area contributed by atoms with E-state index in [4.69, 9.17) is 4.74 Å². The zero-order chi connectivity index (χ0) is 15.9. The van der Waals surface area contributed by atoms with Crippen LogP contribution in [0.5, 0.6) is 0 Å². The van der Waals surface area contributed by atoms with E-state index < -0.39 is 0 Å². The lowest BCUT2D eigenvalue weighted by atomic mass is 9.95. The van der Waals surface area contributed by atoms with Gasteiger partial charge in [-0.25, -0.2) is 4.39 Å². The molecule has 1 aromatic carbocycles. The average molecular weight is 295 g/mol. The zero-order valence-electron chi connectivity index (χ0n) is 14.1. The van der Waals surface area contributed by atoms with Gasteiger partial charge in [0.1, 0.15) is 5.82 Å². The van der Waals surface area contributed by atoms with Crippen LogP contribution in [-0.4, -0.2) is 25.3 Å². The average Bonchev–Trinajstić information content (AvgIpc) is 2.36. The van der Waals surface area contributed by atoms with Crippen LogP contribution in [0.3, 0.4) is 0 Å². The van der Waals surface area contributed by atoms with Gasteiger partial charge in [-0.3, -0.25) is 0 Å². The van der Waals surface area contributed by atoms with E-state index in [9.17, 15) is 4.39 Å². The molecular weight excluding hydrogens is 265 g/mol. The van der Waals surface area contributed by atoms with E-state index in [2.05, 4.69) is 39.9 Å². The van der Waals surface area contributed by atoms with Crippen molar-refractivity contribution in [1.29, 1.82) is 0 Å². The normalized spacial score (nSPS) is 13.7. The molecule has 0 heterocycles. The molecule has 0 aliphatic rings. The summed E-state index contributed by atoms with van der Waals surface area (Å²) in [6, 6.07) is 6.84. The highest BCUT2D eigenvalue weighted by Gasteiger charge is 2.15. The van der Waals surface area contributed by atoms with Crippen molar-refractivity contribution < 1.29 is 9.13 Å². The predicted molar refractivity (Wildman–Crippen MR) is 87.2 cm³/mol. The summed E-state index contributed by atoms with van der Waals surface area (Å²) in [5, 5.41) is 3.50. The summed E-state index contributed by atoms with van der Waals surface area (Å²) in [5.41, 5.74) is 1.06. The quantitative estimate of drug-likeness (QED) is 0.769. The van der Waals surface area contributed by atoms with E-state index >= 15 is 0 Å². The Kier molecular flexibility index (Phi) is 7.33. The molecule has 2 nitrogen and oxygen atoms in total. The maximum absolute atomic E-state index is 13.1. The number of rotatable bonds is 8. The van der Waals surface area contributed by atoms with Crippen molar-refractivity contribution in [2.24, 2.45) is 5.92 Å². The van der Waals surface area contributed by atoms with E-state index in [0.29, 0.717) is 11.8 Å². The lowest BCUT2D eigenvalue weighted by molar-refractivity contribution is -0.00624. The number of benzene rings is 1. The van der Waals surface area contributed by atoms with E-state index in [0.717, 1.165) is 26.1 Å². The lowest BCUT2D eigenvalue weighted by Gasteiger charge is -2.23. The third-order valence-electron chi connectivity index (χ3n) is 3.29. The molecule has 1 N–H and O–H groups in total. The van der Waals surface area contributed by atoms with Gasteiger partial charge in [0.2, 0.25) is 0 Å². The summed E-state index contributed by atoms with van der Waals surface area (Å²) in [7, 11) is 0. The summed E-state index contributed by atoms with van der Waals surface area (Å²) in [4.78, 5) is 0. The molecule has 120 valence electrons. The van der Waals surface area contributed by atoms with Crippen LogP contribution in [0.25, 0.3) is 0 Å². The molecule has 0 aromatic heterocycles. The molecule has 0 radical (unpaired) electrons. The van der Waals surface area contributed by atoms with E-state index in [1.807, 2.05) is 12.1 Å². The number of halogens is 1. The van der Waals surface area contributed by atoms with Gasteiger partial charge in [-0.1, -0.05) is 26.0 Å². The van der Waals surface area contributed by atoms with Gasteiger partial charge in [-0.2, -0.15) is 0 Å². The van der Waals surface area contributed by atoms with Gasteiger partial charge in [-0.05, 0) is 63.3 Å². The largest absolute Gasteiger partial charge is 0.376 e. The first kappa shape index (κ1) is 18.1. The summed E-state index contributed by atoms with van der Waals surface area (Å²) in [6.45, 7) is 13.2. The smallest absolute Gasteiger partial charge is 0.123 e. The van der Waals surface area contributed by atoms with Crippen molar-refractivity contribution in [2.75, 3.05) is 19.7 Å². The Labute approximate surface area is 129 Å². The topological polar surface area (TPSA) is 21.3 Å². The maximum Gasteiger partial charge on any atom is 0.123 e. The molecule has 0 aliphatic carbocycles. The molecule has 1 aromatic rings. The summed E-state index contributed by atoms with van der Waals surface area (Å²) >= 11 is 0. The van der Waals surface area contributed by atoms with Crippen LogP contribution in [0.4, 0.5) is 4.39 Å². The number of hydrogen-bond acceptors (Lipinski definition) is 2. The van der Waals surface area contributed by atoms with Crippen molar-refractivity contribution in [3.05, 3.63) is 35.6 Å². The molecular formula is C18H30FNO. The molecule has 1 atom stereocenters. The first-order chi connectivity index (χ1) is 9.78. The summed E-state index contributed by atoms with van der Waals surface area (Å²) in [5.74, 6) is 0.801. The zero-order valence-corrected chi connectivity index (χ0v) is 14.1. The number of nitrogens with one attached hydrogen (secondary N) is 1. The molecule has 0 spiro atoms. The van der Waals surface area contributed by atoms with Crippen molar-refractivity contribution >= 4 is 0 Å². The Morgan fingerprint density at radius 2 is 1.71 bits per heavy atom. The monoisotopic (exact) mass is 295 g/mol. The molecule has 3 heteroatoms. The first-order valence-electron chi connectivity index (χ1n) is 7.88. The molecule has 0 saturated heterocycles. The maximum atomic E-state index is 13.1. The predicted octanol–water partition coefficient (Wildman–Crippen LogP) is 4.36. The summed E-state index contributed by atoms with van der Waals surface area (Å²) in [6.07, 6.45) is 0.938. The second-order valence-corrected chi connectivity index (χ2v) is 7.05. The minimum atomic E-state index is -0.182. The van der Waals surface area contributed by atoms with Gasteiger partial charge in [-0.15, -0.1) is 0 Å². The minimum absolute atomic E-state index is 0.112. The minimum Gasteiger partial charge on any atom is -0.376 e. The standard InChI is InChI=1S/C18H30FNO/c1-14(2)12-20-13-16(10-11-21-18(3,4)5)15-6-8-17(19)9-7-15/h6-9,14,16,20H,10-13H2,1-5H3. The van der Waals surface area contributed by atoms with Gasteiger partial charge in [0.25, 0.3) is 0 Å². The molecule has 0 bridgehead atoms. The van der Waals surface area contributed by atoms with Gasteiger partial charge in [0.05, 0.1) is 5.60 Å². The van der Waals surface area contributed by atoms with Crippen LogP contribution < -0.4 is 5.32 Å². The molecule has 1 rings (SSSR count). The molecule has 1 unspecified atom stereocenters. The van der Waals surface area contributed by atoms with Crippen LogP contribution in [0, 0.1) is 11.7 Å². The van der Waals surface area contributed by atoms with Crippen LogP contribution >= 0.6 is 0 Å². The van der Waals surface area contributed by atoms with Gasteiger partial charge in [0, 0.05) is 13.2 Å². The molecule has 0 saturated carbocycles. The highest BCUT2D eigenvalue weighted by molar-refractivity contribution is 5.20. The second kappa shape index (κ2) is 8.50. The van der Waals surface area contributed by atoms with Crippen molar-refractivity contribution in [3.8, 4) is 0 Å². The van der Waals surface area contributed by atoms with Crippen LogP contribution in [-0.2, 0) is 4.74 Å². The van der Waals surface area contributed by atoms with Gasteiger partial charge < -0.3 is 10.1 Å². The highest BCUT2D eigenvalue weighted by Crippen LogP contribution is 2.21. The van der Waals surface area contributed by atoms with Crippen LogP contribution in [0.2, 0.25) is 0 Å². The van der Waals surface area contributed by atoms with E-state index in [1.165, 1.54) is 17.7 Å². The second-order valence-electron chi connectivity index (χ2n) is 7.05. The number of hydrogen-bond donors (Lipinski definition) is 1. The highest BCUT2D eigenvalue weighted by atomic mass is 19.1. The fourth-order valence-corrected chi connectivity index (χ4v) is 2.18. The Bertz CT molecular complexity index is 395. The van der Waals surface area contributed by atoms with Gasteiger partial charge in [0.15, 0.2) is 0 Å².